The summed E-state index contributed by atoms with van der Waals surface area (Å²) >= 11 is -1.30. The van der Waals surface area contributed by atoms with E-state index in [0.29, 0.717) is 39.1 Å². The lowest BCUT2D eigenvalue weighted by Crippen LogP contribution is -2.50. The van der Waals surface area contributed by atoms with Gasteiger partial charge in [0.2, 0.25) is 0 Å². The zero-order valence-electron chi connectivity index (χ0n) is 20.6. The number of carboxylic acid groups (broad SMARTS) is 1. The highest BCUT2D eigenvalue weighted by Gasteiger charge is 2.51. The number of likely N-dealkylation sites (tertiary alicyclic amines) is 1. The van der Waals surface area contributed by atoms with Gasteiger partial charge in [-0.3, -0.25) is 4.79 Å². The highest BCUT2D eigenvalue weighted by Crippen LogP contribution is 2.52. The molecular formula is C25H35N3O5S. The molecule has 1 aromatic rings. The zero-order valence-corrected chi connectivity index (χ0v) is 21.5. The fourth-order valence-corrected chi connectivity index (χ4v) is 5.49. The number of rotatable bonds is 5. The smallest absolute Gasteiger partial charge is 0.407 e. The molecule has 1 unspecified atom stereocenters. The first-order valence-corrected chi connectivity index (χ1v) is 12.7. The van der Waals surface area contributed by atoms with E-state index in [2.05, 4.69) is 16.6 Å². The Bertz CT molecular complexity index is 973. The Hall–Kier alpha value is -2.25. The number of methoxy groups -OCH3 is 1. The number of piperidine rings is 1. The van der Waals surface area contributed by atoms with Gasteiger partial charge >= 0.3 is 6.09 Å². The fraction of sp³-hybridized carbons (Fsp3) is 0.600. The maximum Gasteiger partial charge on any atom is 0.407 e. The molecule has 1 heterocycles. The Morgan fingerprint density at radius 2 is 2.03 bits per heavy atom. The van der Waals surface area contributed by atoms with E-state index in [1.807, 2.05) is 39.0 Å². The molecule has 9 heteroatoms. The third-order valence-corrected chi connectivity index (χ3v) is 8.28. The quantitative estimate of drug-likeness (QED) is 0.487. The van der Waals surface area contributed by atoms with E-state index in [9.17, 15) is 19.2 Å². The number of amides is 2. The Kier molecular flexibility index (Phi) is 8.19. The summed E-state index contributed by atoms with van der Waals surface area (Å²) in [7, 11) is 3.28. The molecular weight excluding hydrogens is 454 g/mol. The number of hydrogen-bond donors (Lipinski definition) is 2. The summed E-state index contributed by atoms with van der Waals surface area (Å²) in [6, 6.07) is 5.75. The first-order chi connectivity index (χ1) is 16.0. The van der Waals surface area contributed by atoms with Gasteiger partial charge < -0.3 is 24.2 Å². The lowest BCUT2D eigenvalue weighted by Gasteiger charge is -2.43. The van der Waals surface area contributed by atoms with Gasteiger partial charge in [0.05, 0.1) is 12.6 Å². The molecule has 3 rings (SSSR count). The normalized spacial score (nSPS) is 19.8. The summed E-state index contributed by atoms with van der Waals surface area (Å²) in [6.07, 6.45) is 1.28. The predicted octanol–water partition coefficient (Wildman–Crippen LogP) is 2.55. The van der Waals surface area contributed by atoms with Crippen LogP contribution in [0.3, 0.4) is 0 Å². The number of carbonyl (C=O) groups is 2. The molecule has 2 aliphatic rings. The molecule has 0 saturated carbocycles. The van der Waals surface area contributed by atoms with Crippen LogP contribution in [0.25, 0.3) is 0 Å². The Balaban J connectivity index is 1.88. The molecule has 34 heavy (non-hydrogen) atoms. The van der Waals surface area contributed by atoms with Gasteiger partial charge in [0, 0.05) is 62.1 Å². The van der Waals surface area contributed by atoms with Crippen LogP contribution >= 0.6 is 0 Å². The summed E-state index contributed by atoms with van der Waals surface area (Å²) in [5.41, 5.74) is 2.70. The summed E-state index contributed by atoms with van der Waals surface area (Å²) in [5.74, 6) is 5.40. The lowest BCUT2D eigenvalue weighted by molar-refractivity contribution is -0.124. The van der Waals surface area contributed by atoms with Crippen LogP contribution in [0, 0.1) is 17.3 Å². The van der Waals surface area contributed by atoms with E-state index in [1.54, 1.807) is 14.2 Å². The van der Waals surface area contributed by atoms with Gasteiger partial charge in [-0.1, -0.05) is 12.0 Å². The van der Waals surface area contributed by atoms with E-state index in [0.717, 1.165) is 23.1 Å². The number of benzene rings is 1. The average molecular weight is 490 g/mol. The van der Waals surface area contributed by atoms with Crippen LogP contribution in [-0.2, 0) is 27.3 Å². The van der Waals surface area contributed by atoms with E-state index in [1.165, 1.54) is 9.80 Å². The van der Waals surface area contributed by atoms with Crippen LogP contribution in [0.1, 0.15) is 56.3 Å². The second-order valence-corrected chi connectivity index (χ2v) is 12.1. The molecule has 2 atom stereocenters. The van der Waals surface area contributed by atoms with Crippen molar-refractivity contribution in [3.05, 3.63) is 34.9 Å². The van der Waals surface area contributed by atoms with Gasteiger partial charge in [0.1, 0.15) is 4.75 Å². The fourth-order valence-electron chi connectivity index (χ4n) is 4.55. The molecule has 1 saturated heterocycles. The second-order valence-electron chi connectivity index (χ2n) is 10.1. The molecule has 2 N–H and O–H groups in total. The van der Waals surface area contributed by atoms with Crippen molar-refractivity contribution in [1.29, 1.82) is 0 Å². The van der Waals surface area contributed by atoms with Crippen LogP contribution in [0.15, 0.2) is 18.2 Å². The van der Waals surface area contributed by atoms with Crippen LogP contribution in [0.5, 0.6) is 0 Å². The minimum absolute atomic E-state index is 0.180. The van der Waals surface area contributed by atoms with Crippen LogP contribution in [-0.4, -0.2) is 76.6 Å². The van der Waals surface area contributed by atoms with Gasteiger partial charge in [0.25, 0.3) is 5.91 Å². The molecule has 8 nitrogen and oxygen atoms in total. The van der Waals surface area contributed by atoms with Crippen molar-refractivity contribution < 1.29 is 24.0 Å². The number of hydrogen-bond acceptors (Lipinski definition) is 5. The molecule has 1 spiro atoms. The van der Waals surface area contributed by atoms with Crippen molar-refractivity contribution in [3.8, 4) is 11.8 Å². The third-order valence-electron chi connectivity index (χ3n) is 6.71. The predicted molar refractivity (Wildman–Crippen MR) is 132 cm³/mol. The van der Waals surface area contributed by atoms with Gasteiger partial charge in [-0.2, -0.15) is 0 Å². The third kappa shape index (κ3) is 5.87. The second kappa shape index (κ2) is 10.6. The summed E-state index contributed by atoms with van der Waals surface area (Å²) in [5, 5.41) is 9.40. The van der Waals surface area contributed by atoms with E-state index >= 15 is 0 Å². The van der Waals surface area contributed by atoms with Crippen molar-refractivity contribution in [3.63, 3.8) is 0 Å². The molecule has 1 aromatic carbocycles. The number of nitrogens with zero attached hydrogens (tertiary/aromatic N) is 2. The maximum absolute atomic E-state index is 13.1. The molecule has 1 aliphatic heterocycles. The molecule has 2 amide bonds. The largest absolute Gasteiger partial charge is 0.598 e. The molecule has 186 valence electrons. The standard InChI is InChI=1S/C25H35N3O5S/c1-24(2,3)34(32)26-22-20-16-18(7-9-21(29)27(4)14-15-33-5)6-8-19(20)17-25(22)10-12-28(13-11-25)23(30)31/h6,8,16,22,26H,10-15,17H2,1-5H3,(H,30,31)/t22-,34?/m1/s1. The number of nitrogens with one attached hydrogen (secondary N) is 1. The average Bonchev–Trinajstić information content (AvgIpc) is 3.07. The molecule has 0 bridgehead atoms. The summed E-state index contributed by atoms with van der Waals surface area (Å²) < 4.78 is 21.0. The van der Waals surface area contributed by atoms with Crippen molar-refractivity contribution >= 4 is 23.4 Å². The minimum atomic E-state index is -1.30. The van der Waals surface area contributed by atoms with Crippen molar-refractivity contribution in [2.24, 2.45) is 5.41 Å². The Morgan fingerprint density at radius 3 is 2.62 bits per heavy atom. The highest BCUT2D eigenvalue weighted by atomic mass is 32.2. The number of carbonyl (C=O) groups excluding carboxylic acids is 1. The monoisotopic (exact) mass is 489 g/mol. The van der Waals surface area contributed by atoms with Crippen LogP contribution in [0.2, 0.25) is 0 Å². The first kappa shape index (κ1) is 26.4. The SMILES string of the molecule is COCCN(C)C(=O)C#Cc1ccc2c(c1)[C@@H](N[S+]([O-])C(C)(C)C)C1(CCN(C(=O)O)CC1)C2. The van der Waals surface area contributed by atoms with Gasteiger partial charge in [-0.25, -0.2) is 4.79 Å². The topological polar surface area (TPSA) is 105 Å². The van der Waals surface area contributed by atoms with E-state index < -0.39 is 22.2 Å². The first-order valence-electron chi connectivity index (χ1n) is 11.5. The Labute approximate surface area is 205 Å². The molecule has 0 radical (unpaired) electrons. The summed E-state index contributed by atoms with van der Waals surface area (Å²) in [6.45, 7) is 7.62. The van der Waals surface area contributed by atoms with Crippen LogP contribution in [0.4, 0.5) is 4.79 Å². The number of ether oxygens (including phenoxy) is 1. The highest BCUT2D eigenvalue weighted by molar-refractivity contribution is 7.90. The summed E-state index contributed by atoms with van der Waals surface area (Å²) in [4.78, 5) is 26.7. The van der Waals surface area contributed by atoms with Crippen molar-refractivity contribution in [2.75, 3.05) is 40.4 Å². The number of fused-ring (bicyclic) bond motifs is 1. The van der Waals surface area contributed by atoms with Gasteiger partial charge in [-0.05, 0) is 63.3 Å². The molecule has 1 fully saturated rings. The minimum Gasteiger partial charge on any atom is -0.598 e. The zero-order chi connectivity index (χ0) is 25.1. The van der Waals surface area contributed by atoms with Crippen molar-refractivity contribution in [1.82, 2.24) is 14.5 Å². The lowest BCUT2D eigenvalue weighted by atomic mass is 9.73. The Morgan fingerprint density at radius 1 is 1.35 bits per heavy atom. The van der Waals surface area contributed by atoms with E-state index in [-0.39, 0.29) is 17.4 Å². The molecule has 0 aromatic heterocycles. The van der Waals surface area contributed by atoms with E-state index in [4.69, 9.17) is 4.74 Å². The number of likely N-dealkylation sites (N-methyl/N-ethyl adjacent to an activating group) is 1. The van der Waals surface area contributed by atoms with Crippen LogP contribution < -0.4 is 4.72 Å². The maximum atomic E-state index is 13.1. The molecule has 1 aliphatic carbocycles. The van der Waals surface area contributed by atoms with Crippen molar-refractivity contribution in [2.45, 2.75) is 50.8 Å². The van der Waals surface area contributed by atoms with Gasteiger partial charge in [-0.15, -0.1) is 4.72 Å². The van der Waals surface area contributed by atoms with Gasteiger partial charge in [0.15, 0.2) is 0 Å².